The fourth-order valence-corrected chi connectivity index (χ4v) is 3.98. The van der Waals surface area contributed by atoms with E-state index in [1.807, 2.05) is 0 Å². The number of nitrogens with one attached hydrogen (secondary N) is 1. The van der Waals surface area contributed by atoms with E-state index < -0.39 is 0 Å². The first-order valence-corrected chi connectivity index (χ1v) is 7.51. The number of methoxy groups -OCH3 is 2. The van der Waals surface area contributed by atoms with Crippen molar-refractivity contribution >= 4 is 0 Å². The van der Waals surface area contributed by atoms with Crippen LogP contribution in [0.25, 0.3) is 0 Å². The van der Waals surface area contributed by atoms with Gasteiger partial charge in [-0.15, -0.1) is 0 Å². The van der Waals surface area contributed by atoms with Crippen LogP contribution in [0.2, 0.25) is 0 Å². The first-order chi connectivity index (χ1) is 8.69. The molecule has 0 aromatic heterocycles. The van der Waals surface area contributed by atoms with Crippen LogP contribution < -0.4 is 5.32 Å². The fraction of sp³-hybridized carbons (Fsp3) is 1.00. The highest BCUT2D eigenvalue weighted by Crippen LogP contribution is 2.48. The highest BCUT2D eigenvalue weighted by atomic mass is 16.7. The van der Waals surface area contributed by atoms with Crippen LogP contribution in [0.15, 0.2) is 0 Å². The Morgan fingerprint density at radius 3 is 2.06 bits per heavy atom. The molecular weight excluding hydrogens is 226 g/mol. The van der Waals surface area contributed by atoms with E-state index in [-0.39, 0.29) is 12.3 Å². The lowest BCUT2D eigenvalue weighted by Crippen LogP contribution is -2.47. The van der Waals surface area contributed by atoms with Crippen molar-refractivity contribution in [1.29, 1.82) is 0 Å². The van der Waals surface area contributed by atoms with Gasteiger partial charge in [-0.3, -0.25) is 0 Å². The van der Waals surface area contributed by atoms with E-state index in [0.29, 0.717) is 6.04 Å². The molecule has 2 rings (SSSR count). The van der Waals surface area contributed by atoms with Crippen molar-refractivity contribution in [2.45, 2.75) is 76.7 Å². The van der Waals surface area contributed by atoms with Crippen LogP contribution in [0.5, 0.6) is 0 Å². The summed E-state index contributed by atoms with van der Waals surface area (Å²) in [7, 11) is 3.42. The molecule has 0 aromatic carbocycles. The molecule has 0 heterocycles. The SMILES string of the molecule is COC(OC)C(C)NC1CCC2(CCCC2)CC1. The predicted octanol–water partition coefficient (Wildman–Crippen LogP) is 3.09. The zero-order valence-electron chi connectivity index (χ0n) is 12.2. The lowest BCUT2D eigenvalue weighted by molar-refractivity contribution is -0.121. The lowest BCUT2D eigenvalue weighted by atomic mass is 9.71. The van der Waals surface area contributed by atoms with Crippen LogP contribution in [0.1, 0.15) is 58.3 Å². The van der Waals surface area contributed by atoms with Gasteiger partial charge in [-0.05, 0) is 50.9 Å². The average molecular weight is 255 g/mol. The summed E-state index contributed by atoms with van der Waals surface area (Å²) in [5.74, 6) is 0. The van der Waals surface area contributed by atoms with Crippen LogP contribution in [0.3, 0.4) is 0 Å². The smallest absolute Gasteiger partial charge is 0.171 e. The molecule has 3 heteroatoms. The van der Waals surface area contributed by atoms with Crippen LogP contribution in [-0.2, 0) is 9.47 Å². The van der Waals surface area contributed by atoms with Gasteiger partial charge >= 0.3 is 0 Å². The third-order valence-corrected chi connectivity index (χ3v) is 5.08. The van der Waals surface area contributed by atoms with Crippen LogP contribution in [0, 0.1) is 5.41 Å². The van der Waals surface area contributed by atoms with Gasteiger partial charge in [0, 0.05) is 20.3 Å². The number of hydrogen-bond acceptors (Lipinski definition) is 3. The zero-order valence-corrected chi connectivity index (χ0v) is 12.2. The number of ether oxygens (including phenoxy) is 2. The molecule has 0 bridgehead atoms. The Morgan fingerprint density at radius 2 is 1.56 bits per heavy atom. The maximum absolute atomic E-state index is 5.31. The van der Waals surface area contributed by atoms with E-state index in [1.165, 1.54) is 51.4 Å². The van der Waals surface area contributed by atoms with E-state index in [2.05, 4.69) is 12.2 Å². The first kappa shape index (κ1) is 14.3. The van der Waals surface area contributed by atoms with Crippen molar-refractivity contribution in [2.24, 2.45) is 5.41 Å². The molecule has 1 N–H and O–H groups in total. The monoisotopic (exact) mass is 255 g/mol. The van der Waals surface area contributed by atoms with Gasteiger partial charge < -0.3 is 14.8 Å². The van der Waals surface area contributed by atoms with Crippen LogP contribution in [-0.4, -0.2) is 32.6 Å². The summed E-state index contributed by atoms with van der Waals surface area (Å²) in [5.41, 5.74) is 0.726. The van der Waals surface area contributed by atoms with Gasteiger partial charge in [0.1, 0.15) is 0 Å². The second-order valence-electron chi connectivity index (χ2n) is 6.28. The standard InChI is InChI=1S/C15H29NO2/c1-12(14(17-2)18-3)16-13-6-10-15(11-7-13)8-4-5-9-15/h12-14,16H,4-11H2,1-3H3. The molecule has 0 aliphatic heterocycles. The molecule has 1 atom stereocenters. The normalized spacial score (nSPS) is 26.0. The number of rotatable bonds is 5. The van der Waals surface area contributed by atoms with Gasteiger partial charge in [0.25, 0.3) is 0 Å². The zero-order chi connectivity index (χ0) is 13.0. The molecule has 0 amide bonds. The average Bonchev–Trinajstić information content (AvgIpc) is 2.83. The molecule has 0 saturated heterocycles. The van der Waals surface area contributed by atoms with Crippen molar-refractivity contribution < 1.29 is 9.47 Å². The molecule has 2 fully saturated rings. The Kier molecular flexibility index (Phi) is 5.05. The largest absolute Gasteiger partial charge is 0.354 e. The minimum absolute atomic E-state index is 0.132. The summed E-state index contributed by atoms with van der Waals surface area (Å²) in [6.07, 6.45) is 11.2. The summed E-state index contributed by atoms with van der Waals surface area (Å²) in [6, 6.07) is 0.918. The van der Waals surface area contributed by atoms with Gasteiger partial charge in [0.05, 0.1) is 6.04 Å². The van der Waals surface area contributed by atoms with Gasteiger partial charge in [-0.2, -0.15) is 0 Å². The molecule has 1 unspecified atom stereocenters. The molecule has 18 heavy (non-hydrogen) atoms. The molecule has 2 aliphatic rings. The predicted molar refractivity (Wildman–Crippen MR) is 73.6 cm³/mol. The molecule has 3 nitrogen and oxygen atoms in total. The van der Waals surface area contributed by atoms with Crippen molar-refractivity contribution in [3.63, 3.8) is 0 Å². The molecule has 2 saturated carbocycles. The Bertz CT molecular complexity index is 237. The summed E-state index contributed by atoms with van der Waals surface area (Å²) in [6.45, 7) is 2.15. The topological polar surface area (TPSA) is 30.5 Å². The first-order valence-electron chi connectivity index (χ1n) is 7.51. The van der Waals surface area contributed by atoms with Crippen LogP contribution in [0.4, 0.5) is 0 Å². The Balaban J connectivity index is 1.76. The van der Waals surface area contributed by atoms with Gasteiger partial charge in [0.15, 0.2) is 6.29 Å². The quantitative estimate of drug-likeness (QED) is 0.766. The van der Waals surface area contributed by atoms with Crippen molar-refractivity contribution in [3.05, 3.63) is 0 Å². The van der Waals surface area contributed by atoms with E-state index in [0.717, 1.165) is 5.41 Å². The summed E-state index contributed by atoms with van der Waals surface area (Å²) in [4.78, 5) is 0. The minimum atomic E-state index is -0.132. The molecule has 0 radical (unpaired) electrons. The maximum atomic E-state index is 5.31. The third kappa shape index (κ3) is 3.25. The molecule has 106 valence electrons. The third-order valence-electron chi connectivity index (χ3n) is 5.08. The van der Waals surface area contributed by atoms with E-state index in [4.69, 9.17) is 9.47 Å². The van der Waals surface area contributed by atoms with E-state index >= 15 is 0 Å². The Morgan fingerprint density at radius 1 is 1.00 bits per heavy atom. The second-order valence-corrected chi connectivity index (χ2v) is 6.28. The van der Waals surface area contributed by atoms with Gasteiger partial charge in [0.2, 0.25) is 0 Å². The second kappa shape index (κ2) is 6.36. The van der Waals surface area contributed by atoms with Gasteiger partial charge in [-0.1, -0.05) is 12.8 Å². The molecule has 2 aliphatic carbocycles. The molecular formula is C15H29NO2. The van der Waals surface area contributed by atoms with Crippen molar-refractivity contribution in [2.75, 3.05) is 14.2 Å². The van der Waals surface area contributed by atoms with Gasteiger partial charge in [-0.25, -0.2) is 0 Å². The lowest BCUT2D eigenvalue weighted by Gasteiger charge is -2.39. The van der Waals surface area contributed by atoms with E-state index in [1.54, 1.807) is 14.2 Å². The highest BCUT2D eigenvalue weighted by molar-refractivity contribution is 4.91. The summed E-state index contributed by atoms with van der Waals surface area (Å²) in [5, 5.41) is 3.68. The summed E-state index contributed by atoms with van der Waals surface area (Å²) >= 11 is 0. The molecule has 0 aromatic rings. The fourth-order valence-electron chi connectivity index (χ4n) is 3.98. The van der Waals surface area contributed by atoms with Crippen LogP contribution >= 0.6 is 0 Å². The number of hydrogen-bond donors (Lipinski definition) is 1. The van der Waals surface area contributed by atoms with Crippen molar-refractivity contribution in [1.82, 2.24) is 5.32 Å². The van der Waals surface area contributed by atoms with E-state index in [9.17, 15) is 0 Å². The minimum Gasteiger partial charge on any atom is -0.354 e. The summed E-state index contributed by atoms with van der Waals surface area (Å²) < 4.78 is 10.6. The Hall–Kier alpha value is -0.120. The molecule has 1 spiro atoms. The highest BCUT2D eigenvalue weighted by Gasteiger charge is 2.37. The Labute approximate surface area is 112 Å². The maximum Gasteiger partial charge on any atom is 0.171 e. The van der Waals surface area contributed by atoms with Crippen molar-refractivity contribution in [3.8, 4) is 0 Å².